The molecule has 0 spiro atoms. The van der Waals surface area contributed by atoms with Gasteiger partial charge in [0.05, 0.1) is 16.7 Å². The Morgan fingerprint density at radius 3 is 2.80 bits per heavy atom. The van der Waals surface area contributed by atoms with Crippen molar-refractivity contribution in [3.8, 4) is 0 Å². The first-order chi connectivity index (χ1) is 9.44. The maximum absolute atomic E-state index is 12.3. The molecule has 0 aliphatic carbocycles. The van der Waals surface area contributed by atoms with Gasteiger partial charge in [-0.1, -0.05) is 0 Å². The molecule has 2 rings (SSSR count). The van der Waals surface area contributed by atoms with Crippen LogP contribution in [0, 0.1) is 0 Å². The molecule has 0 aromatic carbocycles. The number of anilines is 1. The van der Waals surface area contributed by atoms with Gasteiger partial charge in [0.15, 0.2) is 4.67 Å². The van der Waals surface area contributed by atoms with Crippen molar-refractivity contribution >= 4 is 47.6 Å². The van der Waals surface area contributed by atoms with Gasteiger partial charge in [0.25, 0.3) is 10.0 Å². The Bertz CT molecular complexity index is 715. The van der Waals surface area contributed by atoms with Crippen molar-refractivity contribution in [3.63, 3.8) is 0 Å². The third-order valence-electron chi connectivity index (χ3n) is 2.36. The zero-order valence-electron chi connectivity index (χ0n) is 10.4. The fourth-order valence-electron chi connectivity index (χ4n) is 1.50. The van der Waals surface area contributed by atoms with E-state index in [1.54, 1.807) is 13.1 Å². The van der Waals surface area contributed by atoms with E-state index < -0.39 is 10.0 Å². The predicted molar refractivity (Wildman–Crippen MR) is 81.9 cm³/mol. The smallest absolute Gasteiger partial charge is 0.266 e. The zero-order chi connectivity index (χ0) is 14.8. The first kappa shape index (κ1) is 15.5. The third-order valence-corrected chi connectivity index (χ3v) is 5.22. The first-order valence-corrected chi connectivity index (χ1v) is 8.56. The number of sulfonamides is 1. The molecule has 0 unspecified atom stereocenters. The molecule has 2 heterocycles. The van der Waals surface area contributed by atoms with Crippen LogP contribution in [0.1, 0.15) is 5.76 Å². The van der Waals surface area contributed by atoms with Crippen LogP contribution in [-0.4, -0.2) is 20.4 Å². The minimum absolute atomic E-state index is 0.0477. The van der Waals surface area contributed by atoms with Crippen molar-refractivity contribution in [2.45, 2.75) is 11.4 Å². The van der Waals surface area contributed by atoms with Crippen LogP contribution in [0.25, 0.3) is 0 Å². The Balaban J connectivity index is 2.33. The van der Waals surface area contributed by atoms with Crippen LogP contribution in [0.3, 0.4) is 0 Å². The summed E-state index contributed by atoms with van der Waals surface area (Å²) in [5, 5.41) is 2.89. The number of hydrogen-bond donors (Lipinski definition) is 2. The standard InChI is InChI=1S/C11H11Br2N3O3S/c1-14-5-7-4-10(11(13)19-7)20(17,18)16-9-2-3-15-6-8(9)12/h2-4,6,14H,5H2,1H3,(H,15,16). The zero-order valence-corrected chi connectivity index (χ0v) is 14.3. The topological polar surface area (TPSA) is 84.2 Å². The van der Waals surface area contributed by atoms with Crippen LogP contribution < -0.4 is 10.0 Å². The molecular weight excluding hydrogens is 414 g/mol. The highest BCUT2D eigenvalue weighted by molar-refractivity contribution is 9.10. The summed E-state index contributed by atoms with van der Waals surface area (Å²) in [6.07, 6.45) is 3.01. The lowest BCUT2D eigenvalue weighted by molar-refractivity contribution is 0.470. The number of aromatic nitrogens is 1. The molecule has 0 atom stereocenters. The van der Waals surface area contributed by atoms with E-state index in [0.29, 0.717) is 22.5 Å². The SMILES string of the molecule is CNCc1cc(S(=O)(=O)Nc2ccncc2Br)c(Br)o1. The number of hydrogen-bond acceptors (Lipinski definition) is 5. The number of rotatable bonds is 5. The van der Waals surface area contributed by atoms with Gasteiger partial charge < -0.3 is 9.73 Å². The Labute approximate surface area is 133 Å². The Morgan fingerprint density at radius 2 is 2.15 bits per heavy atom. The monoisotopic (exact) mass is 423 g/mol. The molecule has 2 aromatic heterocycles. The highest BCUT2D eigenvalue weighted by atomic mass is 79.9. The lowest BCUT2D eigenvalue weighted by Crippen LogP contribution is -2.13. The normalized spacial score (nSPS) is 11.6. The van der Waals surface area contributed by atoms with E-state index in [0.717, 1.165) is 0 Å². The number of pyridine rings is 1. The van der Waals surface area contributed by atoms with Gasteiger partial charge in [0.2, 0.25) is 0 Å². The minimum Gasteiger partial charge on any atom is -0.451 e. The molecule has 2 aromatic rings. The molecule has 108 valence electrons. The number of nitrogens with one attached hydrogen (secondary N) is 2. The van der Waals surface area contributed by atoms with Gasteiger partial charge in [0.1, 0.15) is 10.7 Å². The van der Waals surface area contributed by atoms with Crippen molar-refractivity contribution in [3.05, 3.63) is 39.4 Å². The quantitative estimate of drug-likeness (QED) is 0.770. The summed E-state index contributed by atoms with van der Waals surface area (Å²) in [4.78, 5) is 3.92. The first-order valence-electron chi connectivity index (χ1n) is 5.49. The van der Waals surface area contributed by atoms with E-state index in [1.165, 1.54) is 18.5 Å². The van der Waals surface area contributed by atoms with Crippen LogP contribution in [-0.2, 0) is 16.6 Å². The maximum Gasteiger partial charge on any atom is 0.266 e. The lowest BCUT2D eigenvalue weighted by atomic mass is 10.4. The van der Waals surface area contributed by atoms with Gasteiger partial charge in [-0.05, 0) is 45.0 Å². The summed E-state index contributed by atoms with van der Waals surface area (Å²) in [7, 11) is -1.99. The van der Waals surface area contributed by atoms with E-state index in [9.17, 15) is 8.42 Å². The molecule has 2 N–H and O–H groups in total. The number of furan rings is 1. The van der Waals surface area contributed by atoms with Crippen LogP contribution in [0.5, 0.6) is 0 Å². The lowest BCUT2D eigenvalue weighted by Gasteiger charge is -2.07. The molecule has 9 heteroatoms. The van der Waals surface area contributed by atoms with Gasteiger partial charge in [0, 0.05) is 18.5 Å². The van der Waals surface area contributed by atoms with Crippen molar-refractivity contribution in [1.82, 2.24) is 10.3 Å². The van der Waals surface area contributed by atoms with E-state index in [1.807, 2.05) is 0 Å². The summed E-state index contributed by atoms with van der Waals surface area (Å²) >= 11 is 6.35. The molecule has 20 heavy (non-hydrogen) atoms. The summed E-state index contributed by atoms with van der Waals surface area (Å²) in [6, 6.07) is 3.03. The molecule has 0 saturated carbocycles. The van der Waals surface area contributed by atoms with Crippen LogP contribution in [0.4, 0.5) is 5.69 Å². The molecule has 0 bridgehead atoms. The van der Waals surface area contributed by atoms with Crippen molar-refractivity contribution in [2.75, 3.05) is 11.8 Å². The minimum atomic E-state index is -3.74. The highest BCUT2D eigenvalue weighted by Crippen LogP contribution is 2.29. The average molecular weight is 425 g/mol. The second kappa shape index (κ2) is 6.25. The van der Waals surface area contributed by atoms with Crippen LogP contribution >= 0.6 is 31.9 Å². The average Bonchev–Trinajstić information content (AvgIpc) is 2.74. The Kier molecular flexibility index (Phi) is 4.84. The fourth-order valence-corrected chi connectivity index (χ4v) is 4.06. The molecule has 0 aliphatic rings. The largest absolute Gasteiger partial charge is 0.451 e. The molecule has 0 amide bonds. The third kappa shape index (κ3) is 3.40. The van der Waals surface area contributed by atoms with Crippen LogP contribution in [0.15, 0.2) is 43.0 Å². The second-order valence-electron chi connectivity index (χ2n) is 3.84. The van der Waals surface area contributed by atoms with Crippen molar-refractivity contribution < 1.29 is 12.8 Å². The Morgan fingerprint density at radius 1 is 1.40 bits per heavy atom. The Hall–Kier alpha value is -0.900. The molecule has 0 radical (unpaired) electrons. The maximum atomic E-state index is 12.3. The van der Waals surface area contributed by atoms with Gasteiger partial charge in [-0.15, -0.1) is 0 Å². The second-order valence-corrected chi connectivity index (χ2v) is 7.07. The molecule has 6 nitrogen and oxygen atoms in total. The van der Waals surface area contributed by atoms with Crippen molar-refractivity contribution in [2.24, 2.45) is 0 Å². The highest BCUT2D eigenvalue weighted by Gasteiger charge is 2.23. The van der Waals surface area contributed by atoms with Gasteiger partial charge in [-0.3, -0.25) is 9.71 Å². The van der Waals surface area contributed by atoms with Crippen molar-refractivity contribution in [1.29, 1.82) is 0 Å². The van der Waals surface area contributed by atoms with Gasteiger partial charge in [-0.2, -0.15) is 0 Å². The number of nitrogens with zero attached hydrogens (tertiary/aromatic N) is 1. The summed E-state index contributed by atoms with van der Waals surface area (Å²) < 4.78 is 33.2. The molecule has 0 aliphatic heterocycles. The summed E-state index contributed by atoms with van der Waals surface area (Å²) in [5.41, 5.74) is 0.406. The predicted octanol–water partition coefficient (Wildman–Crippen LogP) is 2.72. The van der Waals surface area contributed by atoms with Crippen LogP contribution in [0.2, 0.25) is 0 Å². The number of halogens is 2. The molecule has 0 fully saturated rings. The van der Waals surface area contributed by atoms with E-state index >= 15 is 0 Å². The molecule has 0 saturated heterocycles. The molecular formula is C11H11Br2N3O3S. The summed E-state index contributed by atoms with van der Waals surface area (Å²) in [6.45, 7) is 0.438. The van der Waals surface area contributed by atoms with Gasteiger partial charge in [-0.25, -0.2) is 8.42 Å². The summed E-state index contributed by atoms with van der Waals surface area (Å²) in [5.74, 6) is 0.522. The van der Waals surface area contributed by atoms with Gasteiger partial charge >= 0.3 is 0 Å². The fraction of sp³-hybridized carbons (Fsp3) is 0.182. The van der Waals surface area contributed by atoms with E-state index in [-0.39, 0.29) is 9.56 Å². The van der Waals surface area contributed by atoms with E-state index in [4.69, 9.17) is 4.42 Å². The van der Waals surface area contributed by atoms with E-state index in [2.05, 4.69) is 46.9 Å².